The van der Waals surface area contributed by atoms with Gasteiger partial charge in [-0.15, -0.1) is 0 Å². The second-order valence-electron chi connectivity index (χ2n) is 4.88. The Morgan fingerprint density at radius 3 is 2.74 bits per heavy atom. The van der Waals surface area contributed by atoms with Gasteiger partial charge in [0.2, 0.25) is 5.95 Å². The van der Waals surface area contributed by atoms with E-state index in [1.165, 1.54) is 0 Å². The Morgan fingerprint density at radius 1 is 1.26 bits per heavy atom. The Morgan fingerprint density at radius 2 is 2.05 bits per heavy atom. The molecule has 0 spiro atoms. The third-order valence-electron chi connectivity index (χ3n) is 3.91. The summed E-state index contributed by atoms with van der Waals surface area (Å²) in [4.78, 5) is 12.2. The van der Waals surface area contributed by atoms with Crippen LogP contribution in [0.2, 0.25) is 0 Å². The molecule has 3 rings (SSSR count). The van der Waals surface area contributed by atoms with Crippen LogP contribution in [-0.4, -0.2) is 42.9 Å². The van der Waals surface area contributed by atoms with Crippen molar-refractivity contribution >= 4 is 22.9 Å². The van der Waals surface area contributed by atoms with Gasteiger partial charge >= 0.3 is 0 Å². The minimum Gasteiger partial charge on any atom is -0.396 e. The van der Waals surface area contributed by atoms with E-state index in [0.29, 0.717) is 11.2 Å². The molecule has 1 aliphatic carbocycles. The third-order valence-corrected chi connectivity index (χ3v) is 3.91. The van der Waals surface area contributed by atoms with Gasteiger partial charge in [-0.2, -0.15) is 9.97 Å². The predicted octanol–water partition coefficient (Wildman–Crippen LogP) is -0.848. The van der Waals surface area contributed by atoms with E-state index in [1.807, 2.05) is 4.57 Å². The largest absolute Gasteiger partial charge is 0.396 e. The fourth-order valence-electron chi connectivity index (χ4n) is 2.78. The quantitative estimate of drug-likeness (QED) is 0.567. The van der Waals surface area contributed by atoms with Gasteiger partial charge in [0.05, 0.1) is 6.33 Å². The standard InChI is InChI=1S/C11H16N6O2/c12-9-8-10(16-11(13)15-9)17(4-14-8)7-1-5(2-18)6(7)3-19/h4-7,18-19H,1-3H2,(H4,12,13,15,16)/t5-,6-,7-/m1/s1. The van der Waals surface area contributed by atoms with Gasteiger partial charge in [0, 0.05) is 25.2 Å². The van der Waals surface area contributed by atoms with Crippen LogP contribution >= 0.6 is 0 Å². The lowest BCUT2D eigenvalue weighted by Gasteiger charge is -2.43. The number of aliphatic hydroxyl groups excluding tert-OH is 2. The first kappa shape index (κ1) is 12.1. The molecule has 0 amide bonds. The van der Waals surface area contributed by atoms with Crippen molar-refractivity contribution in [3.8, 4) is 0 Å². The third kappa shape index (κ3) is 1.71. The molecule has 1 aliphatic rings. The second-order valence-corrected chi connectivity index (χ2v) is 4.88. The first-order chi connectivity index (χ1) is 9.15. The molecular weight excluding hydrogens is 248 g/mol. The number of nitrogen functional groups attached to an aromatic ring is 2. The molecule has 8 heteroatoms. The molecule has 1 fully saturated rings. The zero-order valence-corrected chi connectivity index (χ0v) is 10.3. The first-order valence-corrected chi connectivity index (χ1v) is 6.13. The van der Waals surface area contributed by atoms with Gasteiger partial charge in [0.1, 0.15) is 5.52 Å². The van der Waals surface area contributed by atoms with Crippen molar-refractivity contribution in [2.24, 2.45) is 11.8 Å². The lowest BCUT2D eigenvalue weighted by atomic mass is 9.70. The molecule has 1 saturated carbocycles. The fraction of sp³-hybridized carbons (Fsp3) is 0.545. The number of nitrogens with two attached hydrogens (primary N) is 2. The van der Waals surface area contributed by atoms with E-state index in [4.69, 9.17) is 11.5 Å². The molecule has 102 valence electrons. The molecule has 2 heterocycles. The van der Waals surface area contributed by atoms with Crippen LogP contribution in [0.15, 0.2) is 6.33 Å². The lowest BCUT2D eigenvalue weighted by Crippen LogP contribution is -2.42. The maximum absolute atomic E-state index is 9.41. The van der Waals surface area contributed by atoms with Crippen molar-refractivity contribution in [1.29, 1.82) is 0 Å². The summed E-state index contributed by atoms with van der Waals surface area (Å²) in [6.45, 7) is 0.0965. The Balaban J connectivity index is 2.02. The smallest absolute Gasteiger partial charge is 0.224 e. The fourth-order valence-corrected chi connectivity index (χ4v) is 2.78. The molecule has 0 unspecified atom stereocenters. The van der Waals surface area contributed by atoms with E-state index in [2.05, 4.69) is 15.0 Å². The maximum Gasteiger partial charge on any atom is 0.224 e. The summed E-state index contributed by atoms with van der Waals surface area (Å²) < 4.78 is 1.86. The molecule has 0 aliphatic heterocycles. The number of fused-ring (bicyclic) bond motifs is 1. The Bertz CT molecular complexity index is 612. The van der Waals surface area contributed by atoms with Gasteiger partial charge in [0.15, 0.2) is 11.5 Å². The van der Waals surface area contributed by atoms with Gasteiger partial charge in [-0.25, -0.2) is 4.98 Å². The van der Waals surface area contributed by atoms with Crippen LogP contribution in [0.1, 0.15) is 12.5 Å². The number of rotatable bonds is 3. The number of aliphatic hydroxyl groups is 2. The summed E-state index contributed by atoms with van der Waals surface area (Å²) >= 11 is 0. The van der Waals surface area contributed by atoms with E-state index in [-0.39, 0.29) is 42.9 Å². The highest BCUT2D eigenvalue weighted by molar-refractivity contribution is 5.82. The summed E-state index contributed by atoms with van der Waals surface area (Å²) in [7, 11) is 0. The molecule has 2 aromatic heterocycles. The van der Waals surface area contributed by atoms with Crippen LogP contribution < -0.4 is 11.5 Å². The highest BCUT2D eigenvalue weighted by Gasteiger charge is 2.41. The lowest BCUT2D eigenvalue weighted by molar-refractivity contribution is -0.00528. The molecule has 0 saturated heterocycles. The van der Waals surface area contributed by atoms with Crippen LogP contribution in [0, 0.1) is 11.8 Å². The van der Waals surface area contributed by atoms with Crippen molar-refractivity contribution < 1.29 is 10.2 Å². The van der Waals surface area contributed by atoms with Crippen molar-refractivity contribution in [3.05, 3.63) is 6.33 Å². The average molecular weight is 264 g/mol. The highest BCUT2D eigenvalue weighted by Crippen LogP contribution is 2.44. The highest BCUT2D eigenvalue weighted by atomic mass is 16.3. The Labute approximate surface area is 109 Å². The zero-order chi connectivity index (χ0) is 13.6. The van der Waals surface area contributed by atoms with Crippen LogP contribution in [-0.2, 0) is 0 Å². The first-order valence-electron chi connectivity index (χ1n) is 6.13. The zero-order valence-electron chi connectivity index (χ0n) is 10.3. The topological polar surface area (TPSA) is 136 Å². The van der Waals surface area contributed by atoms with Crippen LogP contribution in [0.4, 0.5) is 11.8 Å². The molecule has 2 aromatic rings. The average Bonchev–Trinajstić information content (AvgIpc) is 2.73. The van der Waals surface area contributed by atoms with E-state index in [9.17, 15) is 10.2 Å². The summed E-state index contributed by atoms with van der Waals surface area (Å²) in [5.41, 5.74) is 12.4. The number of imidazole rings is 1. The van der Waals surface area contributed by atoms with E-state index in [0.717, 1.165) is 6.42 Å². The molecule has 0 bridgehead atoms. The van der Waals surface area contributed by atoms with Crippen molar-refractivity contribution in [2.75, 3.05) is 24.7 Å². The summed E-state index contributed by atoms with van der Waals surface area (Å²) in [5, 5.41) is 18.6. The van der Waals surface area contributed by atoms with Crippen LogP contribution in [0.5, 0.6) is 0 Å². The van der Waals surface area contributed by atoms with Crippen molar-refractivity contribution in [2.45, 2.75) is 12.5 Å². The van der Waals surface area contributed by atoms with E-state index < -0.39 is 0 Å². The Kier molecular flexibility index (Phi) is 2.76. The minimum atomic E-state index is -0.000172. The molecule has 6 N–H and O–H groups in total. The number of aromatic nitrogens is 4. The molecule has 8 nitrogen and oxygen atoms in total. The molecule has 3 atom stereocenters. The van der Waals surface area contributed by atoms with Gasteiger partial charge in [-0.3, -0.25) is 0 Å². The second kappa shape index (κ2) is 4.32. The van der Waals surface area contributed by atoms with Gasteiger partial charge in [-0.1, -0.05) is 0 Å². The van der Waals surface area contributed by atoms with Gasteiger partial charge in [0.25, 0.3) is 0 Å². The number of anilines is 2. The normalized spacial score (nSPS) is 26.5. The summed E-state index contributed by atoms with van der Waals surface area (Å²) in [6, 6.07) is 0.0563. The van der Waals surface area contributed by atoms with Crippen molar-refractivity contribution in [3.63, 3.8) is 0 Å². The molecule has 0 aromatic carbocycles. The van der Waals surface area contributed by atoms with Crippen LogP contribution in [0.25, 0.3) is 11.2 Å². The maximum atomic E-state index is 9.41. The minimum absolute atomic E-state index is 0.000172. The summed E-state index contributed by atoms with van der Waals surface area (Å²) in [6.07, 6.45) is 2.41. The number of nitrogens with zero attached hydrogens (tertiary/aromatic N) is 4. The molecule has 19 heavy (non-hydrogen) atoms. The van der Waals surface area contributed by atoms with E-state index in [1.54, 1.807) is 6.33 Å². The monoisotopic (exact) mass is 264 g/mol. The number of hydrogen-bond donors (Lipinski definition) is 4. The van der Waals surface area contributed by atoms with Gasteiger partial charge < -0.3 is 26.2 Å². The van der Waals surface area contributed by atoms with Gasteiger partial charge in [-0.05, 0) is 12.3 Å². The SMILES string of the molecule is Nc1nc(N)c2ncn([C@@H]3C[C@H](CO)[C@H]3CO)c2n1. The number of hydrogen-bond acceptors (Lipinski definition) is 7. The summed E-state index contributed by atoms with van der Waals surface area (Å²) in [5.74, 6) is 0.467. The van der Waals surface area contributed by atoms with Crippen molar-refractivity contribution in [1.82, 2.24) is 19.5 Å². The van der Waals surface area contributed by atoms with Crippen LogP contribution in [0.3, 0.4) is 0 Å². The Hall–Kier alpha value is -1.93. The predicted molar refractivity (Wildman–Crippen MR) is 69.0 cm³/mol. The van der Waals surface area contributed by atoms with E-state index >= 15 is 0 Å². The molecular formula is C11H16N6O2. The molecule has 0 radical (unpaired) electrons.